The van der Waals surface area contributed by atoms with Crippen LogP contribution >= 0.6 is 0 Å². The van der Waals surface area contributed by atoms with E-state index >= 15 is 0 Å². The number of fused-ring (bicyclic) bond motifs is 5. The molecule has 6 nitrogen and oxygen atoms in total. The lowest BCUT2D eigenvalue weighted by Crippen LogP contribution is -2.35. The lowest BCUT2D eigenvalue weighted by atomic mass is 9.91. The smallest absolute Gasteiger partial charge is 0.340 e. The van der Waals surface area contributed by atoms with Gasteiger partial charge in [-0.25, -0.2) is 13.6 Å². The minimum atomic E-state index is -4.31. The highest BCUT2D eigenvalue weighted by Crippen LogP contribution is 2.33. The molecule has 1 heterocycles. The summed E-state index contributed by atoms with van der Waals surface area (Å²) in [5, 5.41) is 8.04. The number of aryl methyl sites for hydroxylation is 3. The number of ketones is 1. The summed E-state index contributed by atoms with van der Waals surface area (Å²) in [5.74, 6) is -4.61. The maximum absolute atomic E-state index is 14.3. The van der Waals surface area contributed by atoms with Crippen LogP contribution in [0.2, 0.25) is 0 Å². The van der Waals surface area contributed by atoms with Gasteiger partial charge in [0, 0.05) is 57.2 Å². The van der Waals surface area contributed by atoms with Crippen LogP contribution in [0.3, 0.4) is 0 Å². The summed E-state index contributed by atoms with van der Waals surface area (Å²) in [4.78, 5) is 31.6. The van der Waals surface area contributed by atoms with Crippen molar-refractivity contribution in [2.75, 3.05) is 6.61 Å². The van der Waals surface area contributed by atoms with Crippen LogP contribution in [0.15, 0.2) is 65.8 Å². The molecule has 0 aliphatic heterocycles. The van der Waals surface area contributed by atoms with Gasteiger partial charge in [-0.3, -0.25) is 4.79 Å². The van der Waals surface area contributed by atoms with Crippen molar-refractivity contribution in [2.24, 2.45) is 11.1 Å². The molecule has 1 aromatic heterocycles. The van der Waals surface area contributed by atoms with Gasteiger partial charge in [-0.1, -0.05) is 68.1 Å². The largest absolute Gasteiger partial charge is 0.487 e. The van der Waals surface area contributed by atoms with E-state index in [9.17, 15) is 27.2 Å². The normalized spacial score (nSPS) is 13.7. The number of rotatable bonds is 15. The zero-order chi connectivity index (χ0) is 40.3. The molecule has 0 saturated carbocycles. The Balaban J connectivity index is 1.59. The van der Waals surface area contributed by atoms with E-state index in [1.807, 2.05) is 51.1 Å². The van der Waals surface area contributed by atoms with Crippen LogP contribution in [0.5, 0.6) is 5.75 Å². The molecule has 5 aromatic rings. The molecule has 1 atom stereocenters. The van der Waals surface area contributed by atoms with Gasteiger partial charge in [0.2, 0.25) is 0 Å². The van der Waals surface area contributed by atoms with E-state index in [-0.39, 0.29) is 11.5 Å². The first-order valence-corrected chi connectivity index (χ1v) is 19.3. The fourth-order valence-electron chi connectivity index (χ4n) is 7.90. The predicted octanol–water partition coefficient (Wildman–Crippen LogP) is 10.1. The molecule has 0 amide bonds. The summed E-state index contributed by atoms with van der Waals surface area (Å²) in [6, 6.07) is 17.9. The fourth-order valence-corrected chi connectivity index (χ4v) is 7.90. The number of carbonyl (C=O) groups excluding carboxylic acids is 2. The van der Waals surface area contributed by atoms with Crippen LogP contribution in [0, 0.1) is 26.7 Å². The highest BCUT2D eigenvalue weighted by atomic mass is 19.3. The van der Waals surface area contributed by atoms with Gasteiger partial charge in [-0.2, -0.15) is 8.78 Å². The number of halogens is 4. The van der Waals surface area contributed by atoms with Crippen molar-refractivity contribution in [3.05, 3.63) is 110 Å². The Morgan fingerprint density at radius 3 is 2.16 bits per heavy atom. The number of carbonyl (C=O) groups is 2. The zero-order valence-electron chi connectivity index (χ0n) is 32.8. The summed E-state index contributed by atoms with van der Waals surface area (Å²) < 4.78 is 60.2. The van der Waals surface area contributed by atoms with Crippen LogP contribution in [0.1, 0.15) is 103 Å². The molecule has 0 N–H and O–H groups in total. The van der Waals surface area contributed by atoms with Gasteiger partial charge in [0.1, 0.15) is 11.5 Å². The first-order chi connectivity index (χ1) is 26.7. The number of ether oxygens (including phenoxy) is 1. The van der Waals surface area contributed by atoms with Gasteiger partial charge in [-0.05, 0) is 111 Å². The molecule has 0 radical (unpaired) electrons. The molecular weight excluding hydrogens is 721 g/mol. The summed E-state index contributed by atoms with van der Waals surface area (Å²) in [7, 11) is 0. The van der Waals surface area contributed by atoms with E-state index in [2.05, 4.69) is 41.8 Å². The van der Waals surface area contributed by atoms with Crippen LogP contribution in [0.25, 0.3) is 34.0 Å². The topological polar surface area (TPSA) is 69.9 Å². The Kier molecular flexibility index (Phi) is 12.2. The first kappa shape index (κ1) is 40.4. The van der Waals surface area contributed by atoms with E-state index in [1.165, 1.54) is 19.1 Å². The minimum Gasteiger partial charge on any atom is -0.487 e. The summed E-state index contributed by atoms with van der Waals surface area (Å²) in [5.41, 5.74) is 7.70. The molecule has 1 unspecified atom stereocenters. The van der Waals surface area contributed by atoms with Crippen molar-refractivity contribution in [2.45, 2.75) is 99.0 Å². The number of nitrogens with zero attached hydrogens (tertiary/aromatic N) is 2. The van der Waals surface area contributed by atoms with Crippen molar-refractivity contribution < 1.29 is 36.7 Å². The lowest BCUT2D eigenvalue weighted by Gasteiger charge is -2.19. The van der Waals surface area contributed by atoms with Gasteiger partial charge >= 0.3 is 18.3 Å². The Morgan fingerprint density at radius 1 is 0.875 bits per heavy atom. The number of alkyl halides is 4. The van der Waals surface area contributed by atoms with E-state index in [4.69, 9.17) is 9.57 Å². The molecule has 4 aromatic carbocycles. The quantitative estimate of drug-likeness (QED) is 0.0350. The summed E-state index contributed by atoms with van der Waals surface area (Å²) in [6.45, 7) is 10.9. The van der Waals surface area contributed by atoms with Gasteiger partial charge in [-0.15, -0.1) is 0 Å². The number of hydrogen-bond acceptors (Lipinski definition) is 5. The second kappa shape index (κ2) is 16.9. The van der Waals surface area contributed by atoms with Crippen molar-refractivity contribution in [3.8, 4) is 5.75 Å². The van der Waals surface area contributed by atoms with E-state index in [0.717, 1.165) is 94.0 Å². The van der Waals surface area contributed by atoms with Gasteiger partial charge in [0.15, 0.2) is 12.4 Å². The highest BCUT2D eigenvalue weighted by Gasteiger charge is 2.41. The van der Waals surface area contributed by atoms with Crippen molar-refractivity contribution in [1.82, 2.24) is 4.57 Å². The molecule has 0 fully saturated rings. The van der Waals surface area contributed by atoms with Crippen molar-refractivity contribution >= 4 is 51.4 Å². The average molecular weight is 769 g/mol. The standard InChI is InChI=1S/C46H48F4N2O4/c1-7-9-12-31(8-2)25-52-40-20-17-33(44(54)41-28(4)21-27(3)22-29(41)5)23-37(40)39-24-38(35-13-10-11-14-36(35)43(39)52)42(51-56-30(6)53)32-15-18-34(19-16-32)55-26-46(49,50)45(47)48/h13-24,31,45H,7-12,25-26H2,1-6H3/b51-42+. The molecule has 294 valence electrons. The number of hydrogen-bond donors (Lipinski definition) is 0. The summed E-state index contributed by atoms with van der Waals surface area (Å²) >= 11 is 0. The third kappa shape index (κ3) is 8.30. The van der Waals surface area contributed by atoms with Crippen LogP contribution in [-0.2, 0) is 16.2 Å². The minimum absolute atomic E-state index is 0.0360. The lowest BCUT2D eigenvalue weighted by molar-refractivity contribution is -0.148. The van der Waals surface area contributed by atoms with Crippen LogP contribution < -0.4 is 15.2 Å². The number of benzene rings is 4. The molecule has 0 spiro atoms. The molecule has 0 bridgehead atoms. The molecule has 10 heteroatoms. The molecule has 1 aliphatic rings. The van der Waals surface area contributed by atoms with E-state index < -0.39 is 24.9 Å². The van der Waals surface area contributed by atoms with Crippen molar-refractivity contribution in [3.63, 3.8) is 0 Å². The van der Waals surface area contributed by atoms with Crippen molar-refractivity contribution in [1.29, 1.82) is 0 Å². The maximum Gasteiger partial charge on any atom is 0.340 e. The third-order valence-corrected chi connectivity index (χ3v) is 10.6. The maximum atomic E-state index is 14.3. The Labute approximate surface area is 324 Å². The number of unbranched alkanes of at least 4 members (excludes halogenated alkanes) is 1. The molecular formula is C46H48F4N2O4. The Hall–Kier alpha value is -5.25. The van der Waals surface area contributed by atoms with Crippen LogP contribution in [-0.4, -0.2) is 41.0 Å². The Bertz CT molecular complexity index is 2420. The predicted molar refractivity (Wildman–Crippen MR) is 215 cm³/mol. The van der Waals surface area contributed by atoms with E-state index in [0.29, 0.717) is 33.9 Å². The molecule has 1 aliphatic carbocycles. The van der Waals surface area contributed by atoms with E-state index in [1.54, 1.807) is 12.1 Å². The second-order valence-corrected chi connectivity index (χ2v) is 14.9. The third-order valence-electron chi connectivity index (χ3n) is 10.6. The molecule has 0 saturated heterocycles. The highest BCUT2D eigenvalue weighted by molar-refractivity contribution is 6.19. The average Bonchev–Trinajstić information content (AvgIpc) is 3.47. The molecule has 56 heavy (non-hydrogen) atoms. The van der Waals surface area contributed by atoms with Crippen LogP contribution in [0.4, 0.5) is 17.6 Å². The number of aromatic nitrogens is 1. The summed E-state index contributed by atoms with van der Waals surface area (Å²) in [6.07, 6.45) is 6.40. The number of oxime groups is 1. The van der Waals surface area contributed by atoms with Gasteiger partial charge in [0.25, 0.3) is 0 Å². The first-order valence-electron chi connectivity index (χ1n) is 19.3. The van der Waals surface area contributed by atoms with Gasteiger partial charge in [0.05, 0.1) is 5.52 Å². The van der Waals surface area contributed by atoms with Gasteiger partial charge < -0.3 is 14.1 Å². The molecule has 6 rings (SSSR count). The SMILES string of the molecule is CCCCC(CC)Cn1c2ccc(C(=O)c3c(C)cc(C)cc3C)cc2c2cc(/C(=N/OC(C)=O)c3ccc(OCC(F)(F)C(F)F)cc3)c3c(c21)=CCCC=3. The fraction of sp³-hybridized carbons (Fsp3) is 0.370. The second-order valence-electron chi connectivity index (χ2n) is 14.9. The zero-order valence-corrected chi connectivity index (χ0v) is 32.8. The Morgan fingerprint density at radius 2 is 1.54 bits per heavy atom. The monoisotopic (exact) mass is 768 g/mol.